The Labute approximate surface area is 93.0 Å². The third-order valence-corrected chi connectivity index (χ3v) is 1.78. The smallest absolute Gasteiger partial charge is 0.258 e. The lowest BCUT2D eigenvalue weighted by Gasteiger charge is -2.08. The minimum Gasteiger partial charge on any atom is -0.484 e. The summed E-state index contributed by atoms with van der Waals surface area (Å²) in [5.74, 6) is -0.260. The third-order valence-electron chi connectivity index (χ3n) is 1.78. The Kier molecular flexibility index (Phi) is 4.72. The summed E-state index contributed by atoms with van der Waals surface area (Å²) in [5.41, 5.74) is 0. The van der Waals surface area contributed by atoms with E-state index < -0.39 is 6.10 Å². The van der Waals surface area contributed by atoms with Crippen molar-refractivity contribution in [1.82, 2.24) is 5.32 Å². The Morgan fingerprint density at radius 3 is 2.69 bits per heavy atom. The van der Waals surface area contributed by atoms with Crippen LogP contribution in [0, 0.1) is 5.82 Å². The molecule has 0 aliphatic carbocycles. The van der Waals surface area contributed by atoms with Crippen molar-refractivity contribution in [1.29, 1.82) is 0 Å². The molecule has 1 aromatic rings. The second-order valence-electron chi connectivity index (χ2n) is 3.40. The first-order valence-corrected chi connectivity index (χ1v) is 4.91. The molecule has 0 bridgehead atoms. The van der Waals surface area contributed by atoms with E-state index in [2.05, 4.69) is 5.32 Å². The van der Waals surface area contributed by atoms with Gasteiger partial charge in [-0.3, -0.25) is 4.79 Å². The molecule has 0 spiro atoms. The highest BCUT2D eigenvalue weighted by molar-refractivity contribution is 5.77. The molecule has 0 heterocycles. The molecule has 0 unspecified atom stereocenters. The Morgan fingerprint density at radius 1 is 1.50 bits per heavy atom. The van der Waals surface area contributed by atoms with Crippen LogP contribution in [0.5, 0.6) is 5.75 Å². The maximum atomic E-state index is 12.5. The number of hydrogen-bond donors (Lipinski definition) is 2. The molecule has 1 rings (SSSR count). The maximum absolute atomic E-state index is 12.5. The number of ether oxygens (including phenoxy) is 1. The van der Waals surface area contributed by atoms with Crippen LogP contribution in [-0.2, 0) is 4.79 Å². The molecule has 1 amide bonds. The van der Waals surface area contributed by atoms with E-state index in [1.54, 1.807) is 6.92 Å². The van der Waals surface area contributed by atoms with E-state index in [1.807, 2.05) is 0 Å². The lowest BCUT2D eigenvalue weighted by atomic mass is 10.3. The molecule has 0 saturated carbocycles. The van der Waals surface area contributed by atoms with Crippen molar-refractivity contribution >= 4 is 5.91 Å². The molecule has 5 heteroatoms. The molecule has 0 saturated heterocycles. The highest BCUT2D eigenvalue weighted by Gasteiger charge is 2.03. The van der Waals surface area contributed by atoms with Gasteiger partial charge in [0.15, 0.2) is 6.61 Å². The number of aliphatic hydroxyl groups excluding tert-OH is 1. The van der Waals surface area contributed by atoms with Crippen molar-refractivity contribution in [3.05, 3.63) is 30.1 Å². The van der Waals surface area contributed by atoms with E-state index in [1.165, 1.54) is 24.3 Å². The zero-order valence-electron chi connectivity index (χ0n) is 8.94. The number of amides is 1. The van der Waals surface area contributed by atoms with Gasteiger partial charge in [0.05, 0.1) is 6.10 Å². The molecular weight excluding hydrogens is 213 g/mol. The topological polar surface area (TPSA) is 58.6 Å². The Morgan fingerprint density at radius 2 is 2.12 bits per heavy atom. The van der Waals surface area contributed by atoms with Crippen LogP contribution in [0.3, 0.4) is 0 Å². The van der Waals surface area contributed by atoms with Gasteiger partial charge in [-0.1, -0.05) is 0 Å². The first-order valence-electron chi connectivity index (χ1n) is 4.91. The lowest BCUT2D eigenvalue weighted by molar-refractivity contribution is -0.123. The number of benzene rings is 1. The molecule has 16 heavy (non-hydrogen) atoms. The van der Waals surface area contributed by atoms with Crippen LogP contribution in [0.15, 0.2) is 24.3 Å². The van der Waals surface area contributed by atoms with Gasteiger partial charge in [-0.05, 0) is 31.2 Å². The van der Waals surface area contributed by atoms with Crippen LogP contribution >= 0.6 is 0 Å². The van der Waals surface area contributed by atoms with Crippen molar-refractivity contribution in [3.63, 3.8) is 0 Å². The largest absolute Gasteiger partial charge is 0.484 e. The summed E-state index contributed by atoms with van der Waals surface area (Å²) in [6.07, 6.45) is -0.588. The van der Waals surface area contributed by atoms with Gasteiger partial charge in [0.2, 0.25) is 0 Å². The number of hydrogen-bond acceptors (Lipinski definition) is 3. The van der Waals surface area contributed by atoms with Crippen LogP contribution < -0.4 is 10.1 Å². The average molecular weight is 227 g/mol. The van der Waals surface area contributed by atoms with Crippen molar-refractivity contribution < 1.29 is 19.0 Å². The fraction of sp³-hybridized carbons (Fsp3) is 0.364. The van der Waals surface area contributed by atoms with Crippen LogP contribution in [-0.4, -0.2) is 30.3 Å². The molecule has 1 aromatic carbocycles. The SMILES string of the molecule is C[C@H](O)CNC(=O)COc1ccc(F)cc1. The van der Waals surface area contributed by atoms with Gasteiger partial charge in [-0.2, -0.15) is 0 Å². The van der Waals surface area contributed by atoms with Crippen LogP contribution in [0.2, 0.25) is 0 Å². The summed E-state index contributed by atoms with van der Waals surface area (Å²) in [7, 11) is 0. The van der Waals surface area contributed by atoms with E-state index in [0.717, 1.165) is 0 Å². The fourth-order valence-corrected chi connectivity index (χ4v) is 0.992. The van der Waals surface area contributed by atoms with Gasteiger partial charge in [0.25, 0.3) is 5.91 Å². The lowest BCUT2D eigenvalue weighted by Crippen LogP contribution is -2.34. The van der Waals surface area contributed by atoms with E-state index >= 15 is 0 Å². The predicted molar refractivity (Wildman–Crippen MR) is 56.6 cm³/mol. The molecule has 0 aliphatic rings. The minimum atomic E-state index is -0.588. The van der Waals surface area contributed by atoms with Gasteiger partial charge in [0.1, 0.15) is 11.6 Å². The van der Waals surface area contributed by atoms with Crippen LogP contribution in [0.25, 0.3) is 0 Å². The summed E-state index contributed by atoms with van der Waals surface area (Å²) < 4.78 is 17.6. The summed E-state index contributed by atoms with van der Waals surface area (Å²) in [4.78, 5) is 11.2. The molecule has 1 atom stereocenters. The van der Waals surface area contributed by atoms with E-state index in [9.17, 15) is 9.18 Å². The average Bonchev–Trinajstić information content (AvgIpc) is 2.25. The summed E-state index contributed by atoms with van der Waals surface area (Å²) in [6.45, 7) is 1.60. The number of rotatable bonds is 5. The molecule has 2 N–H and O–H groups in total. The second-order valence-corrected chi connectivity index (χ2v) is 3.40. The molecule has 0 radical (unpaired) electrons. The first-order chi connectivity index (χ1) is 7.58. The van der Waals surface area contributed by atoms with Crippen LogP contribution in [0.4, 0.5) is 4.39 Å². The summed E-state index contributed by atoms with van der Waals surface area (Å²) in [5, 5.41) is 11.4. The van der Waals surface area contributed by atoms with Gasteiger partial charge in [-0.25, -0.2) is 4.39 Å². The standard InChI is InChI=1S/C11H14FNO3/c1-8(14)6-13-11(15)7-16-10-4-2-9(12)3-5-10/h2-5,8,14H,6-7H2,1H3,(H,13,15)/t8-/m0/s1. The summed E-state index contributed by atoms with van der Waals surface area (Å²) in [6, 6.07) is 5.39. The van der Waals surface area contributed by atoms with Crippen LogP contribution in [0.1, 0.15) is 6.92 Å². The highest BCUT2D eigenvalue weighted by Crippen LogP contribution is 2.10. The number of carbonyl (C=O) groups is 1. The molecule has 0 aliphatic heterocycles. The number of nitrogens with one attached hydrogen (secondary N) is 1. The Bertz CT molecular complexity index is 338. The predicted octanol–water partition coefficient (Wildman–Crippen LogP) is 0.701. The quantitative estimate of drug-likeness (QED) is 0.778. The second kappa shape index (κ2) is 6.07. The minimum absolute atomic E-state index is 0.154. The summed E-state index contributed by atoms with van der Waals surface area (Å²) >= 11 is 0. The van der Waals surface area contributed by atoms with Crippen molar-refractivity contribution in [2.45, 2.75) is 13.0 Å². The number of halogens is 1. The fourth-order valence-electron chi connectivity index (χ4n) is 0.992. The first kappa shape index (κ1) is 12.4. The van der Waals surface area contributed by atoms with Gasteiger partial charge < -0.3 is 15.2 Å². The zero-order valence-corrected chi connectivity index (χ0v) is 8.94. The molecule has 0 fully saturated rings. The van der Waals surface area contributed by atoms with E-state index in [4.69, 9.17) is 9.84 Å². The van der Waals surface area contributed by atoms with Gasteiger partial charge in [-0.15, -0.1) is 0 Å². The van der Waals surface area contributed by atoms with Crippen molar-refractivity contribution in [2.24, 2.45) is 0 Å². The van der Waals surface area contributed by atoms with Gasteiger partial charge in [0, 0.05) is 6.54 Å². The van der Waals surface area contributed by atoms with E-state index in [-0.39, 0.29) is 24.9 Å². The maximum Gasteiger partial charge on any atom is 0.258 e. The van der Waals surface area contributed by atoms with Crippen molar-refractivity contribution in [3.8, 4) is 5.75 Å². The molecule has 0 aromatic heterocycles. The molecule has 88 valence electrons. The monoisotopic (exact) mass is 227 g/mol. The highest BCUT2D eigenvalue weighted by atomic mass is 19.1. The Hall–Kier alpha value is -1.62. The van der Waals surface area contributed by atoms with E-state index in [0.29, 0.717) is 5.75 Å². The van der Waals surface area contributed by atoms with Crippen molar-refractivity contribution in [2.75, 3.05) is 13.2 Å². The normalized spacial score (nSPS) is 11.9. The molecule has 4 nitrogen and oxygen atoms in total. The number of aliphatic hydroxyl groups is 1. The third kappa shape index (κ3) is 4.75. The molecular formula is C11H14FNO3. The zero-order chi connectivity index (χ0) is 12.0. The van der Waals surface area contributed by atoms with Gasteiger partial charge >= 0.3 is 0 Å². The number of carbonyl (C=O) groups excluding carboxylic acids is 1. The Balaban J connectivity index is 2.29.